The average molecular weight is 346 g/mol. The van der Waals surface area contributed by atoms with Gasteiger partial charge in [-0.15, -0.1) is 0 Å². The number of rotatable bonds is 10. The molecule has 0 aliphatic heterocycles. The topological polar surface area (TPSA) is 77.4 Å². The Morgan fingerprint density at radius 2 is 2.16 bits per heavy atom. The normalized spacial score (nSPS) is 11.8. The molecule has 0 aliphatic rings. The van der Waals surface area contributed by atoms with E-state index in [1.165, 1.54) is 0 Å². The summed E-state index contributed by atoms with van der Waals surface area (Å²) in [4.78, 5) is 12.2. The zero-order chi connectivity index (χ0) is 18.1. The highest BCUT2D eigenvalue weighted by molar-refractivity contribution is 5.92. The van der Waals surface area contributed by atoms with Gasteiger partial charge in [0.15, 0.2) is 0 Å². The second kappa shape index (κ2) is 9.68. The molecule has 0 radical (unpaired) electrons. The molecule has 7 heteroatoms. The number of benzene rings is 1. The number of carbonyl (C=O) groups excluding carboxylic acids is 1. The molecule has 2 N–H and O–H groups in total. The van der Waals surface area contributed by atoms with Gasteiger partial charge >= 0.3 is 0 Å². The first-order valence-corrected chi connectivity index (χ1v) is 8.35. The van der Waals surface area contributed by atoms with Crippen molar-refractivity contribution in [1.82, 2.24) is 15.1 Å². The van der Waals surface area contributed by atoms with E-state index in [1.54, 1.807) is 38.6 Å². The molecule has 1 aromatic carbocycles. The van der Waals surface area contributed by atoms with Gasteiger partial charge in [-0.1, -0.05) is 0 Å². The molecule has 136 valence electrons. The van der Waals surface area contributed by atoms with E-state index in [9.17, 15) is 4.79 Å². The lowest BCUT2D eigenvalue weighted by atomic mass is 10.2. The van der Waals surface area contributed by atoms with E-state index in [-0.39, 0.29) is 11.9 Å². The first-order valence-electron chi connectivity index (χ1n) is 8.35. The van der Waals surface area contributed by atoms with Crippen LogP contribution in [0.4, 0.5) is 5.69 Å². The zero-order valence-corrected chi connectivity index (χ0v) is 15.0. The number of methoxy groups -OCH3 is 2. The molecule has 1 aromatic heterocycles. The Bertz CT molecular complexity index is 658. The molecule has 0 fully saturated rings. The fourth-order valence-electron chi connectivity index (χ4n) is 2.48. The third-order valence-electron chi connectivity index (χ3n) is 3.79. The number of hydrogen-bond acceptors (Lipinski definition) is 5. The summed E-state index contributed by atoms with van der Waals surface area (Å²) in [5.74, 6) is 1.20. The standard InChI is InChI=1S/C18H26N4O3/c1-14(19-8-4-10-22-11-5-9-20-22)12-18(23)21-16-7-6-15(24-2)13-17(16)25-3/h5-7,9,11,13-14,19H,4,8,10,12H2,1-3H3,(H,21,23). The first kappa shape index (κ1) is 18.8. The van der Waals surface area contributed by atoms with Gasteiger partial charge in [-0.05, 0) is 38.1 Å². The minimum absolute atomic E-state index is 0.0597. The Hall–Kier alpha value is -2.54. The number of nitrogens with zero attached hydrogens (tertiary/aromatic N) is 2. The Morgan fingerprint density at radius 1 is 1.32 bits per heavy atom. The van der Waals surface area contributed by atoms with E-state index in [0.717, 1.165) is 19.5 Å². The molecule has 0 spiro atoms. The number of anilines is 1. The van der Waals surface area contributed by atoms with Crippen LogP contribution in [-0.4, -0.2) is 42.5 Å². The van der Waals surface area contributed by atoms with Crippen molar-refractivity contribution in [3.63, 3.8) is 0 Å². The van der Waals surface area contributed by atoms with Crippen molar-refractivity contribution >= 4 is 11.6 Å². The maximum atomic E-state index is 12.2. The monoisotopic (exact) mass is 346 g/mol. The largest absolute Gasteiger partial charge is 0.497 e. The Labute approximate surface area is 148 Å². The van der Waals surface area contributed by atoms with Crippen LogP contribution in [0.2, 0.25) is 0 Å². The lowest BCUT2D eigenvalue weighted by molar-refractivity contribution is -0.116. The van der Waals surface area contributed by atoms with Crippen LogP contribution < -0.4 is 20.1 Å². The van der Waals surface area contributed by atoms with Gasteiger partial charge in [0.2, 0.25) is 5.91 Å². The number of aryl methyl sites for hydroxylation is 1. The van der Waals surface area contributed by atoms with Gasteiger partial charge in [0.1, 0.15) is 11.5 Å². The fourth-order valence-corrected chi connectivity index (χ4v) is 2.48. The van der Waals surface area contributed by atoms with E-state index < -0.39 is 0 Å². The molecular formula is C18H26N4O3. The Kier molecular flexibility index (Phi) is 7.28. The molecule has 25 heavy (non-hydrogen) atoms. The minimum Gasteiger partial charge on any atom is -0.497 e. The van der Waals surface area contributed by atoms with Gasteiger partial charge in [0, 0.05) is 37.5 Å². The summed E-state index contributed by atoms with van der Waals surface area (Å²) in [6, 6.07) is 7.30. The zero-order valence-electron chi connectivity index (χ0n) is 15.0. The van der Waals surface area contributed by atoms with Crippen LogP contribution in [0.25, 0.3) is 0 Å². The predicted molar refractivity (Wildman–Crippen MR) is 97.1 cm³/mol. The Morgan fingerprint density at radius 3 is 2.84 bits per heavy atom. The molecule has 0 saturated carbocycles. The highest BCUT2D eigenvalue weighted by atomic mass is 16.5. The van der Waals surface area contributed by atoms with Crippen molar-refractivity contribution in [3.05, 3.63) is 36.7 Å². The van der Waals surface area contributed by atoms with Crippen LogP contribution >= 0.6 is 0 Å². The minimum atomic E-state index is -0.0597. The second-order valence-electron chi connectivity index (χ2n) is 5.80. The maximum Gasteiger partial charge on any atom is 0.226 e. The van der Waals surface area contributed by atoms with Crippen LogP contribution in [0.3, 0.4) is 0 Å². The number of carbonyl (C=O) groups is 1. The van der Waals surface area contributed by atoms with E-state index in [1.807, 2.05) is 23.9 Å². The summed E-state index contributed by atoms with van der Waals surface area (Å²) in [6.07, 6.45) is 5.06. The highest BCUT2D eigenvalue weighted by Gasteiger charge is 2.12. The lowest BCUT2D eigenvalue weighted by Gasteiger charge is -2.15. The molecule has 0 aliphatic carbocycles. The summed E-state index contributed by atoms with van der Waals surface area (Å²) in [7, 11) is 3.15. The van der Waals surface area contributed by atoms with Crippen LogP contribution in [0, 0.1) is 0 Å². The van der Waals surface area contributed by atoms with Crippen LogP contribution in [-0.2, 0) is 11.3 Å². The van der Waals surface area contributed by atoms with Crippen molar-refractivity contribution in [1.29, 1.82) is 0 Å². The third-order valence-corrected chi connectivity index (χ3v) is 3.79. The molecule has 2 rings (SSSR count). The molecule has 1 amide bonds. The van der Waals surface area contributed by atoms with Gasteiger partial charge in [0.25, 0.3) is 0 Å². The maximum absolute atomic E-state index is 12.2. The van der Waals surface area contributed by atoms with Crippen molar-refractivity contribution in [3.8, 4) is 11.5 Å². The number of amides is 1. The number of hydrogen-bond donors (Lipinski definition) is 2. The molecule has 1 heterocycles. The average Bonchev–Trinajstić information content (AvgIpc) is 3.12. The van der Waals surface area contributed by atoms with Crippen LogP contribution in [0.15, 0.2) is 36.7 Å². The van der Waals surface area contributed by atoms with Gasteiger partial charge < -0.3 is 20.1 Å². The van der Waals surface area contributed by atoms with Crippen LogP contribution in [0.1, 0.15) is 19.8 Å². The third kappa shape index (κ3) is 6.11. The molecule has 0 saturated heterocycles. The fraction of sp³-hybridized carbons (Fsp3) is 0.444. The van der Waals surface area contributed by atoms with Gasteiger partial charge in [-0.2, -0.15) is 5.10 Å². The van der Waals surface area contributed by atoms with Gasteiger partial charge in [-0.25, -0.2) is 0 Å². The van der Waals surface area contributed by atoms with E-state index in [4.69, 9.17) is 9.47 Å². The quantitative estimate of drug-likeness (QED) is 0.646. The number of nitrogens with one attached hydrogen (secondary N) is 2. The summed E-state index contributed by atoms with van der Waals surface area (Å²) >= 11 is 0. The molecule has 0 bridgehead atoms. The number of aromatic nitrogens is 2. The first-order chi connectivity index (χ1) is 12.1. The van der Waals surface area contributed by atoms with Crippen molar-refractivity contribution in [2.24, 2.45) is 0 Å². The highest BCUT2D eigenvalue weighted by Crippen LogP contribution is 2.29. The van der Waals surface area contributed by atoms with E-state index in [0.29, 0.717) is 23.6 Å². The smallest absolute Gasteiger partial charge is 0.226 e. The molecule has 1 unspecified atom stereocenters. The van der Waals surface area contributed by atoms with Crippen molar-refractivity contribution in [2.75, 3.05) is 26.1 Å². The Balaban J connectivity index is 1.73. The van der Waals surface area contributed by atoms with Crippen molar-refractivity contribution in [2.45, 2.75) is 32.4 Å². The second-order valence-corrected chi connectivity index (χ2v) is 5.80. The summed E-state index contributed by atoms with van der Waals surface area (Å²) in [6.45, 7) is 3.70. The number of ether oxygens (including phenoxy) is 2. The SMILES string of the molecule is COc1ccc(NC(=O)CC(C)NCCCn2cccn2)c(OC)c1. The molecule has 2 aromatic rings. The lowest BCUT2D eigenvalue weighted by Crippen LogP contribution is -2.31. The van der Waals surface area contributed by atoms with E-state index >= 15 is 0 Å². The summed E-state index contributed by atoms with van der Waals surface area (Å²) in [5.41, 5.74) is 0.638. The van der Waals surface area contributed by atoms with Crippen LogP contribution in [0.5, 0.6) is 11.5 Å². The summed E-state index contributed by atoms with van der Waals surface area (Å²) in [5, 5.41) is 10.4. The predicted octanol–water partition coefficient (Wildman–Crippen LogP) is 2.30. The molecule has 7 nitrogen and oxygen atoms in total. The molecule has 1 atom stereocenters. The summed E-state index contributed by atoms with van der Waals surface area (Å²) < 4.78 is 12.3. The van der Waals surface area contributed by atoms with Gasteiger partial charge in [0.05, 0.1) is 19.9 Å². The molecular weight excluding hydrogens is 320 g/mol. The van der Waals surface area contributed by atoms with Crippen molar-refractivity contribution < 1.29 is 14.3 Å². The van der Waals surface area contributed by atoms with E-state index in [2.05, 4.69) is 15.7 Å². The van der Waals surface area contributed by atoms with Gasteiger partial charge in [-0.3, -0.25) is 9.48 Å².